The fourth-order valence-corrected chi connectivity index (χ4v) is 4.41. The van der Waals surface area contributed by atoms with Crippen LogP contribution in [0, 0.1) is 5.82 Å². The summed E-state index contributed by atoms with van der Waals surface area (Å²) in [6, 6.07) is 0.672. The van der Waals surface area contributed by atoms with E-state index in [-0.39, 0.29) is 25.0 Å². The molecule has 2 N–H and O–H groups in total. The molecule has 1 amide bonds. The van der Waals surface area contributed by atoms with Gasteiger partial charge in [0.25, 0.3) is 0 Å². The van der Waals surface area contributed by atoms with Gasteiger partial charge in [-0.1, -0.05) is 0 Å². The van der Waals surface area contributed by atoms with Crippen molar-refractivity contribution >= 4 is 15.9 Å². The van der Waals surface area contributed by atoms with Crippen molar-refractivity contribution in [2.75, 3.05) is 0 Å². The van der Waals surface area contributed by atoms with Gasteiger partial charge in [0.1, 0.15) is 11.9 Å². The Morgan fingerprint density at radius 2 is 1.76 bits per heavy atom. The minimum absolute atomic E-state index is 0.127. The van der Waals surface area contributed by atoms with Crippen molar-refractivity contribution in [1.82, 2.24) is 0 Å². The quantitative estimate of drug-likeness (QED) is 0.806. The summed E-state index contributed by atoms with van der Waals surface area (Å²) < 4.78 is 96.1. The molecule has 0 heterocycles. The highest BCUT2D eigenvalue weighted by atomic mass is 32.2. The average molecular weight is 387 g/mol. The van der Waals surface area contributed by atoms with Gasteiger partial charge in [-0.3, -0.25) is 0 Å². The van der Waals surface area contributed by atoms with E-state index >= 15 is 0 Å². The summed E-state index contributed by atoms with van der Waals surface area (Å²) >= 11 is 0. The first-order valence-corrected chi connectivity index (χ1v) is 8.61. The molecule has 1 aliphatic rings. The number of rotatable bonds is 3. The third kappa shape index (κ3) is 4.02. The van der Waals surface area contributed by atoms with Crippen LogP contribution in [0.25, 0.3) is 0 Å². The van der Waals surface area contributed by atoms with Crippen LogP contribution in [-0.2, 0) is 20.8 Å². The number of nitrogens with two attached hydrogens (primary N) is 1. The number of amides is 1. The second-order valence-electron chi connectivity index (χ2n) is 5.70. The van der Waals surface area contributed by atoms with E-state index in [0.29, 0.717) is 6.07 Å². The van der Waals surface area contributed by atoms with Gasteiger partial charge >= 0.3 is 12.3 Å². The van der Waals surface area contributed by atoms with Crippen LogP contribution in [0.4, 0.5) is 26.7 Å². The Balaban J connectivity index is 2.33. The van der Waals surface area contributed by atoms with Crippen molar-refractivity contribution in [1.29, 1.82) is 0 Å². The molecule has 0 saturated heterocycles. The summed E-state index contributed by atoms with van der Waals surface area (Å²) in [5, 5.41) is -2.89. The Kier molecular flexibility index (Phi) is 4.99. The minimum atomic E-state index is -4.98. The number of halogens is 5. The lowest BCUT2D eigenvalue weighted by Gasteiger charge is -2.33. The van der Waals surface area contributed by atoms with Gasteiger partial charge in [0.2, 0.25) is 14.8 Å². The number of sulfone groups is 1. The highest BCUT2D eigenvalue weighted by Gasteiger charge is 2.49. The Morgan fingerprint density at radius 1 is 1.20 bits per heavy atom. The molecular formula is C14H14F5NO4S. The predicted octanol–water partition coefficient (Wildman–Crippen LogP) is 3.32. The average Bonchev–Trinajstić information content (AvgIpc) is 2.47. The topological polar surface area (TPSA) is 86.5 Å². The van der Waals surface area contributed by atoms with E-state index in [1.165, 1.54) is 0 Å². The van der Waals surface area contributed by atoms with E-state index in [0.717, 1.165) is 0 Å². The van der Waals surface area contributed by atoms with Crippen LogP contribution in [0.15, 0.2) is 23.1 Å². The maximum absolute atomic E-state index is 14.9. The van der Waals surface area contributed by atoms with E-state index in [4.69, 9.17) is 5.73 Å². The van der Waals surface area contributed by atoms with Gasteiger partial charge in [-0.15, -0.1) is 0 Å². The number of hydrogen-bond acceptors (Lipinski definition) is 4. The highest BCUT2D eigenvalue weighted by molar-refractivity contribution is 7.92. The molecule has 1 fully saturated rings. The van der Waals surface area contributed by atoms with Gasteiger partial charge in [0.05, 0.1) is 10.5 Å². The van der Waals surface area contributed by atoms with Crippen LogP contribution in [0.3, 0.4) is 0 Å². The molecule has 0 aliphatic heterocycles. The first-order valence-electron chi connectivity index (χ1n) is 7.12. The molecule has 0 atom stereocenters. The largest absolute Gasteiger partial charge is 0.446 e. The van der Waals surface area contributed by atoms with Gasteiger partial charge in [0, 0.05) is 0 Å². The van der Waals surface area contributed by atoms with Crippen LogP contribution in [-0.4, -0.2) is 25.6 Å². The van der Waals surface area contributed by atoms with Gasteiger partial charge in [-0.2, -0.15) is 13.2 Å². The summed E-state index contributed by atoms with van der Waals surface area (Å²) in [5.74, 6) is -1.44. The third-order valence-corrected chi connectivity index (χ3v) is 6.18. The normalized spacial score (nSPS) is 24.8. The van der Waals surface area contributed by atoms with Gasteiger partial charge in [0.15, 0.2) is 0 Å². The van der Waals surface area contributed by atoms with Gasteiger partial charge in [-0.05, 0) is 43.9 Å². The summed E-state index contributed by atoms with van der Waals surface area (Å²) in [4.78, 5) is 9.57. The van der Waals surface area contributed by atoms with Gasteiger partial charge in [-0.25, -0.2) is 22.0 Å². The molecule has 0 bridgehead atoms. The minimum Gasteiger partial charge on any atom is -0.446 e. The standard InChI is InChI=1S/C14H14F5NO4S/c15-9-5-8(14(17,18)19)6-11(7-9)25(22,23)13(16)3-1-10(2-4-13)24-12(20)21/h5-7,10H,1-4H2,(H2,20,21)/t10-,13+. The van der Waals surface area contributed by atoms with Crippen LogP contribution in [0.2, 0.25) is 0 Å². The highest BCUT2D eigenvalue weighted by Crippen LogP contribution is 2.42. The molecule has 0 spiro atoms. The van der Waals surface area contributed by atoms with Crippen molar-refractivity contribution in [2.45, 2.75) is 47.9 Å². The number of primary amides is 1. The van der Waals surface area contributed by atoms with E-state index in [1.54, 1.807) is 0 Å². The van der Waals surface area contributed by atoms with Crippen LogP contribution in [0.1, 0.15) is 31.2 Å². The molecule has 2 rings (SSSR count). The fraction of sp³-hybridized carbons (Fsp3) is 0.500. The first-order chi connectivity index (χ1) is 11.3. The van der Waals surface area contributed by atoms with E-state index in [9.17, 15) is 35.2 Å². The number of carbonyl (C=O) groups is 1. The summed E-state index contributed by atoms with van der Waals surface area (Å²) in [6.45, 7) is 0. The van der Waals surface area contributed by atoms with Crippen molar-refractivity contribution in [3.05, 3.63) is 29.6 Å². The summed E-state index contributed by atoms with van der Waals surface area (Å²) in [5.41, 5.74) is 3.29. The Bertz CT molecular complexity index is 770. The molecule has 0 unspecified atom stereocenters. The monoisotopic (exact) mass is 387 g/mol. The maximum atomic E-state index is 14.9. The molecular weight excluding hydrogens is 373 g/mol. The molecule has 1 saturated carbocycles. The van der Waals surface area contributed by atoms with Crippen molar-refractivity contribution < 1.29 is 39.9 Å². The molecule has 5 nitrogen and oxygen atoms in total. The zero-order valence-corrected chi connectivity index (χ0v) is 13.5. The maximum Gasteiger partial charge on any atom is 0.416 e. The smallest absolute Gasteiger partial charge is 0.416 e. The third-order valence-electron chi connectivity index (χ3n) is 3.95. The number of alkyl halides is 4. The van der Waals surface area contributed by atoms with E-state index in [2.05, 4.69) is 4.74 Å². The Morgan fingerprint density at radius 3 is 2.24 bits per heavy atom. The van der Waals surface area contributed by atoms with Crippen molar-refractivity contribution in [3.63, 3.8) is 0 Å². The molecule has 1 aromatic rings. The Labute approximate surface area is 139 Å². The molecule has 1 aliphatic carbocycles. The van der Waals surface area contributed by atoms with E-state index < -0.39 is 62.3 Å². The lowest BCUT2D eigenvalue weighted by molar-refractivity contribution is -0.137. The molecule has 1 aromatic carbocycles. The SMILES string of the molecule is NC(=O)O[C@H]1CC[C@@](F)(S(=O)(=O)c2cc(F)cc(C(F)(F)F)c2)CC1. The number of ether oxygens (including phenoxy) is 1. The lowest BCUT2D eigenvalue weighted by Crippen LogP contribution is -2.41. The van der Waals surface area contributed by atoms with Crippen LogP contribution < -0.4 is 5.73 Å². The molecule has 140 valence electrons. The zero-order valence-electron chi connectivity index (χ0n) is 12.6. The van der Waals surface area contributed by atoms with Crippen molar-refractivity contribution in [3.8, 4) is 0 Å². The second kappa shape index (κ2) is 6.43. The van der Waals surface area contributed by atoms with Crippen molar-refractivity contribution in [2.24, 2.45) is 5.73 Å². The Hall–Kier alpha value is -1.91. The lowest BCUT2D eigenvalue weighted by atomic mass is 9.95. The van der Waals surface area contributed by atoms with Crippen LogP contribution in [0.5, 0.6) is 0 Å². The number of carbonyl (C=O) groups excluding carboxylic acids is 1. The summed E-state index contributed by atoms with van der Waals surface area (Å²) in [6.07, 6.45) is -8.46. The second-order valence-corrected chi connectivity index (χ2v) is 7.91. The number of hydrogen-bond donors (Lipinski definition) is 1. The molecule has 0 aromatic heterocycles. The molecule has 25 heavy (non-hydrogen) atoms. The summed E-state index contributed by atoms with van der Waals surface area (Å²) in [7, 11) is -4.90. The molecule has 0 radical (unpaired) electrons. The fourth-order valence-electron chi connectivity index (χ4n) is 2.67. The predicted molar refractivity (Wildman–Crippen MR) is 75.4 cm³/mol. The van der Waals surface area contributed by atoms with Gasteiger partial charge < -0.3 is 10.5 Å². The van der Waals surface area contributed by atoms with Crippen LogP contribution >= 0.6 is 0 Å². The number of benzene rings is 1. The molecule has 11 heteroatoms. The first kappa shape index (κ1) is 19.4. The zero-order chi connectivity index (χ0) is 19.0. The van der Waals surface area contributed by atoms with E-state index in [1.807, 2.05) is 0 Å².